The fourth-order valence-electron chi connectivity index (χ4n) is 2.59. The SMILES string of the molecule is Cc1ccc2cc(CN(C)C(=O)COc3ccccc3)c(=O)[nH]c2c1. The average Bonchev–Trinajstić information content (AvgIpc) is 2.61. The highest BCUT2D eigenvalue weighted by molar-refractivity contribution is 5.80. The van der Waals surface area contributed by atoms with Gasteiger partial charge >= 0.3 is 0 Å². The normalized spacial score (nSPS) is 10.6. The lowest BCUT2D eigenvalue weighted by molar-refractivity contribution is -0.132. The fraction of sp³-hybridized carbons (Fsp3) is 0.200. The third-order valence-electron chi connectivity index (χ3n) is 4.02. The molecule has 128 valence electrons. The van der Waals surface area contributed by atoms with Gasteiger partial charge in [0.05, 0.1) is 6.54 Å². The van der Waals surface area contributed by atoms with Gasteiger partial charge in [-0.25, -0.2) is 0 Å². The molecule has 0 saturated carbocycles. The number of carbonyl (C=O) groups is 1. The lowest BCUT2D eigenvalue weighted by Crippen LogP contribution is -2.33. The van der Waals surface area contributed by atoms with Crippen LogP contribution in [0.5, 0.6) is 5.75 Å². The van der Waals surface area contributed by atoms with E-state index >= 15 is 0 Å². The van der Waals surface area contributed by atoms with Crippen molar-refractivity contribution >= 4 is 16.8 Å². The van der Waals surface area contributed by atoms with E-state index in [9.17, 15) is 9.59 Å². The first kappa shape index (κ1) is 16.8. The van der Waals surface area contributed by atoms with Crippen LogP contribution in [0.2, 0.25) is 0 Å². The molecule has 1 N–H and O–H groups in total. The summed E-state index contributed by atoms with van der Waals surface area (Å²) in [4.78, 5) is 28.9. The summed E-state index contributed by atoms with van der Waals surface area (Å²) in [7, 11) is 1.66. The molecule has 5 nitrogen and oxygen atoms in total. The number of hydrogen-bond acceptors (Lipinski definition) is 3. The summed E-state index contributed by atoms with van der Waals surface area (Å²) in [6.45, 7) is 2.15. The topological polar surface area (TPSA) is 62.4 Å². The van der Waals surface area contributed by atoms with Crippen LogP contribution in [0.25, 0.3) is 10.9 Å². The third-order valence-corrected chi connectivity index (χ3v) is 4.02. The van der Waals surface area contributed by atoms with Crippen LogP contribution in [0.3, 0.4) is 0 Å². The number of fused-ring (bicyclic) bond motifs is 1. The second kappa shape index (κ2) is 7.21. The van der Waals surface area contributed by atoms with Crippen molar-refractivity contribution in [2.24, 2.45) is 0 Å². The van der Waals surface area contributed by atoms with Crippen LogP contribution >= 0.6 is 0 Å². The fourth-order valence-corrected chi connectivity index (χ4v) is 2.59. The molecule has 0 fully saturated rings. The van der Waals surface area contributed by atoms with Crippen molar-refractivity contribution in [3.05, 3.63) is 76.1 Å². The molecule has 0 aliphatic rings. The Morgan fingerprint density at radius 1 is 1.12 bits per heavy atom. The molecule has 0 aliphatic carbocycles. The molecule has 2 aromatic carbocycles. The number of nitrogens with one attached hydrogen (secondary N) is 1. The highest BCUT2D eigenvalue weighted by Crippen LogP contribution is 2.14. The van der Waals surface area contributed by atoms with Gasteiger partial charge in [0, 0.05) is 18.1 Å². The zero-order valence-corrected chi connectivity index (χ0v) is 14.3. The van der Waals surface area contributed by atoms with E-state index < -0.39 is 0 Å². The minimum absolute atomic E-state index is 0.0643. The number of aryl methyl sites for hydroxylation is 1. The number of aromatic amines is 1. The Balaban J connectivity index is 1.69. The molecule has 0 spiro atoms. The summed E-state index contributed by atoms with van der Waals surface area (Å²) < 4.78 is 5.46. The van der Waals surface area contributed by atoms with Gasteiger partial charge in [0.15, 0.2) is 6.61 Å². The van der Waals surface area contributed by atoms with Crippen LogP contribution in [-0.2, 0) is 11.3 Å². The van der Waals surface area contributed by atoms with Gasteiger partial charge in [-0.2, -0.15) is 0 Å². The standard InChI is InChI=1S/C20H20N2O3/c1-14-8-9-15-11-16(20(24)21-18(15)10-14)12-22(2)19(23)13-25-17-6-4-3-5-7-17/h3-11H,12-13H2,1-2H3,(H,21,24). The number of H-pyrrole nitrogens is 1. The number of likely N-dealkylation sites (N-methyl/N-ethyl adjacent to an activating group) is 1. The molecule has 5 heteroatoms. The predicted octanol–water partition coefficient (Wildman–Crippen LogP) is 2.87. The van der Waals surface area contributed by atoms with E-state index in [1.54, 1.807) is 19.2 Å². The number of carbonyl (C=O) groups excluding carboxylic acids is 1. The van der Waals surface area contributed by atoms with Crippen LogP contribution in [0.1, 0.15) is 11.1 Å². The smallest absolute Gasteiger partial charge is 0.260 e. The van der Waals surface area contributed by atoms with E-state index in [1.165, 1.54) is 4.90 Å². The minimum atomic E-state index is -0.188. The van der Waals surface area contributed by atoms with Gasteiger partial charge < -0.3 is 14.6 Å². The first-order valence-corrected chi connectivity index (χ1v) is 8.07. The summed E-state index contributed by atoms with van der Waals surface area (Å²) in [5.41, 5.74) is 2.25. The predicted molar refractivity (Wildman–Crippen MR) is 97.7 cm³/mol. The van der Waals surface area contributed by atoms with Gasteiger partial charge in [0.2, 0.25) is 0 Å². The molecule has 0 aliphatic heterocycles. The quantitative estimate of drug-likeness (QED) is 0.779. The zero-order chi connectivity index (χ0) is 17.8. The number of ether oxygens (including phenoxy) is 1. The molecule has 3 rings (SSSR count). The monoisotopic (exact) mass is 336 g/mol. The number of nitrogens with zero attached hydrogens (tertiary/aromatic N) is 1. The van der Waals surface area contributed by atoms with Crippen molar-refractivity contribution in [2.45, 2.75) is 13.5 Å². The number of amides is 1. The van der Waals surface area contributed by atoms with E-state index in [4.69, 9.17) is 4.74 Å². The van der Waals surface area contributed by atoms with Crippen molar-refractivity contribution in [1.29, 1.82) is 0 Å². The molecule has 0 saturated heterocycles. The summed E-state index contributed by atoms with van der Waals surface area (Å²) >= 11 is 0. The molecule has 25 heavy (non-hydrogen) atoms. The maximum atomic E-state index is 12.3. The van der Waals surface area contributed by atoms with Gasteiger partial charge in [-0.1, -0.05) is 30.3 Å². The van der Waals surface area contributed by atoms with Crippen molar-refractivity contribution in [1.82, 2.24) is 9.88 Å². The molecule has 1 heterocycles. The highest BCUT2D eigenvalue weighted by Gasteiger charge is 2.13. The summed E-state index contributed by atoms with van der Waals surface area (Å²) in [5, 5.41) is 0.946. The number of aromatic nitrogens is 1. The Labute approximate surface area is 145 Å². The number of rotatable bonds is 5. The molecule has 0 bridgehead atoms. The maximum Gasteiger partial charge on any atom is 0.260 e. The molecule has 0 unspecified atom stereocenters. The molecule has 3 aromatic rings. The first-order valence-electron chi connectivity index (χ1n) is 8.07. The summed E-state index contributed by atoms with van der Waals surface area (Å²) in [6, 6.07) is 16.9. The molecule has 1 aromatic heterocycles. The van der Waals surface area contributed by atoms with Crippen LogP contribution in [0.4, 0.5) is 0 Å². The summed E-state index contributed by atoms with van der Waals surface area (Å²) in [5.74, 6) is 0.454. The van der Waals surface area contributed by atoms with Crippen LogP contribution in [0, 0.1) is 6.92 Å². The van der Waals surface area contributed by atoms with E-state index in [0.717, 1.165) is 16.5 Å². The molecule has 1 amide bonds. The summed E-state index contributed by atoms with van der Waals surface area (Å²) in [6.07, 6.45) is 0. The van der Waals surface area contributed by atoms with Crippen LogP contribution < -0.4 is 10.3 Å². The third kappa shape index (κ3) is 4.07. The Hall–Kier alpha value is -3.08. The van der Waals surface area contributed by atoms with Gasteiger partial charge in [-0.15, -0.1) is 0 Å². The molecular formula is C20H20N2O3. The van der Waals surface area contributed by atoms with Gasteiger partial charge in [-0.3, -0.25) is 9.59 Å². The van der Waals surface area contributed by atoms with Crippen molar-refractivity contribution in [3.63, 3.8) is 0 Å². The Bertz CT molecular complexity index is 948. The van der Waals surface area contributed by atoms with Crippen molar-refractivity contribution in [2.75, 3.05) is 13.7 Å². The zero-order valence-electron chi connectivity index (χ0n) is 14.3. The van der Waals surface area contributed by atoms with Crippen molar-refractivity contribution in [3.8, 4) is 5.75 Å². The Morgan fingerprint density at radius 3 is 2.64 bits per heavy atom. The average molecular weight is 336 g/mol. The molecular weight excluding hydrogens is 316 g/mol. The second-order valence-corrected chi connectivity index (χ2v) is 6.07. The van der Waals surface area contributed by atoms with Crippen molar-refractivity contribution < 1.29 is 9.53 Å². The number of hydrogen-bond donors (Lipinski definition) is 1. The van der Waals surface area contributed by atoms with E-state index in [-0.39, 0.29) is 24.6 Å². The Kier molecular flexibility index (Phi) is 4.84. The number of pyridine rings is 1. The van der Waals surface area contributed by atoms with Gasteiger partial charge in [0.1, 0.15) is 5.75 Å². The molecule has 0 radical (unpaired) electrons. The number of para-hydroxylation sites is 1. The largest absolute Gasteiger partial charge is 0.484 e. The number of benzene rings is 2. The van der Waals surface area contributed by atoms with Crippen LogP contribution in [0.15, 0.2) is 59.4 Å². The highest BCUT2D eigenvalue weighted by atomic mass is 16.5. The lowest BCUT2D eigenvalue weighted by Gasteiger charge is -2.17. The first-order chi connectivity index (χ1) is 12.0. The van der Waals surface area contributed by atoms with E-state index in [2.05, 4.69) is 4.98 Å². The maximum absolute atomic E-state index is 12.3. The van der Waals surface area contributed by atoms with Crippen LogP contribution in [-0.4, -0.2) is 29.4 Å². The van der Waals surface area contributed by atoms with Gasteiger partial charge in [-0.05, 0) is 42.1 Å². The van der Waals surface area contributed by atoms with Gasteiger partial charge in [0.25, 0.3) is 11.5 Å². The van der Waals surface area contributed by atoms with E-state index in [1.807, 2.05) is 49.4 Å². The Morgan fingerprint density at radius 2 is 1.88 bits per heavy atom. The minimum Gasteiger partial charge on any atom is -0.484 e. The van der Waals surface area contributed by atoms with E-state index in [0.29, 0.717) is 11.3 Å². The second-order valence-electron chi connectivity index (χ2n) is 6.07. The molecule has 0 atom stereocenters. The lowest BCUT2D eigenvalue weighted by atomic mass is 10.1.